The van der Waals surface area contributed by atoms with Crippen molar-refractivity contribution in [2.45, 2.75) is 13.1 Å². The number of carbonyl (C=O) groups is 1. The first-order chi connectivity index (χ1) is 16.1. The van der Waals surface area contributed by atoms with E-state index in [1.54, 1.807) is 36.7 Å². The lowest BCUT2D eigenvalue weighted by molar-refractivity contribution is 0.0951. The molecule has 1 heterocycles. The quantitative estimate of drug-likeness (QED) is 0.394. The van der Waals surface area contributed by atoms with Crippen LogP contribution in [0.15, 0.2) is 97.3 Å². The lowest BCUT2D eigenvalue weighted by atomic mass is 9.98. The maximum absolute atomic E-state index is 12.7. The van der Waals surface area contributed by atoms with Crippen LogP contribution in [-0.4, -0.2) is 29.9 Å². The number of rotatable bonds is 8. The third-order valence-electron chi connectivity index (χ3n) is 5.21. The largest absolute Gasteiger partial charge is 0.456 e. The van der Waals surface area contributed by atoms with E-state index in [1.807, 2.05) is 30.3 Å². The van der Waals surface area contributed by atoms with Crippen molar-refractivity contribution in [3.63, 3.8) is 0 Å². The summed E-state index contributed by atoms with van der Waals surface area (Å²) in [4.78, 5) is 18.9. The lowest BCUT2D eigenvalue weighted by Crippen LogP contribution is -2.23. The monoisotopic (exact) mass is 437 g/mol. The molecule has 4 aromatic rings. The van der Waals surface area contributed by atoms with Crippen molar-refractivity contribution in [1.29, 1.82) is 0 Å². The van der Waals surface area contributed by atoms with Crippen LogP contribution in [0.1, 0.15) is 21.5 Å². The molecule has 0 atom stereocenters. The highest BCUT2D eigenvalue weighted by molar-refractivity contribution is 5.94. The van der Waals surface area contributed by atoms with Crippen molar-refractivity contribution in [1.82, 2.24) is 15.2 Å². The number of ether oxygens (including phenoxy) is 1. The molecule has 0 saturated heterocycles. The number of aromatic nitrogens is 1. The van der Waals surface area contributed by atoms with Gasteiger partial charge in [0.15, 0.2) is 0 Å². The summed E-state index contributed by atoms with van der Waals surface area (Å²) in [5.41, 5.74) is 5.18. The van der Waals surface area contributed by atoms with E-state index >= 15 is 0 Å². The van der Waals surface area contributed by atoms with Gasteiger partial charge in [-0.25, -0.2) is 0 Å². The van der Waals surface area contributed by atoms with Gasteiger partial charge in [0.05, 0.1) is 6.20 Å². The summed E-state index contributed by atoms with van der Waals surface area (Å²) < 4.78 is 5.74. The number of carbonyl (C=O) groups excluding carboxylic acids is 1. The fourth-order valence-corrected chi connectivity index (χ4v) is 3.61. The first kappa shape index (κ1) is 22.2. The molecule has 166 valence electrons. The molecule has 1 amide bonds. The minimum absolute atomic E-state index is 0.126. The van der Waals surface area contributed by atoms with Gasteiger partial charge in [0.25, 0.3) is 5.91 Å². The van der Waals surface area contributed by atoms with Gasteiger partial charge in [-0.15, -0.1) is 0 Å². The molecule has 0 bridgehead atoms. The van der Waals surface area contributed by atoms with Crippen molar-refractivity contribution < 1.29 is 9.53 Å². The normalized spacial score (nSPS) is 10.8. The summed E-state index contributed by atoms with van der Waals surface area (Å²) in [5.74, 6) is 1.18. The molecule has 5 heteroatoms. The van der Waals surface area contributed by atoms with Crippen molar-refractivity contribution >= 4 is 5.91 Å². The van der Waals surface area contributed by atoms with Crippen LogP contribution in [0, 0.1) is 0 Å². The number of amides is 1. The van der Waals surface area contributed by atoms with Crippen LogP contribution < -0.4 is 10.1 Å². The highest BCUT2D eigenvalue weighted by atomic mass is 16.5. The molecule has 1 aromatic heterocycles. The van der Waals surface area contributed by atoms with Crippen LogP contribution in [0.5, 0.6) is 11.5 Å². The van der Waals surface area contributed by atoms with Gasteiger partial charge in [-0.2, -0.15) is 0 Å². The molecule has 0 saturated carbocycles. The molecule has 4 rings (SSSR count). The first-order valence-corrected chi connectivity index (χ1v) is 10.9. The Morgan fingerprint density at radius 2 is 1.64 bits per heavy atom. The number of nitrogens with zero attached hydrogens (tertiary/aromatic N) is 2. The van der Waals surface area contributed by atoms with E-state index < -0.39 is 0 Å². The molecule has 5 nitrogen and oxygen atoms in total. The SMILES string of the molecule is CN(C)Cc1ccc(-c2ccccc2CNC(=O)c2ccc(Oc3cccnc3)cc2)cc1. The van der Waals surface area contributed by atoms with Gasteiger partial charge in [0, 0.05) is 24.8 Å². The zero-order valence-electron chi connectivity index (χ0n) is 18.9. The smallest absolute Gasteiger partial charge is 0.251 e. The number of pyridine rings is 1. The minimum atomic E-state index is -0.126. The van der Waals surface area contributed by atoms with Gasteiger partial charge in [-0.1, -0.05) is 48.5 Å². The van der Waals surface area contributed by atoms with Crippen LogP contribution in [-0.2, 0) is 13.1 Å². The summed E-state index contributed by atoms with van der Waals surface area (Å²) >= 11 is 0. The molecule has 33 heavy (non-hydrogen) atoms. The zero-order chi connectivity index (χ0) is 23.0. The predicted molar refractivity (Wildman–Crippen MR) is 131 cm³/mol. The van der Waals surface area contributed by atoms with Crippen LogP contribution in [0.25, 0.3) is 11.1 Å². The standard InChI is InChI=1S/C28H27N3O2/c1-31(2)20-21-9-11-22(12-10-21)27-8-4-3-6-24(27)18-30-28(32)23-13-15-25(16-14-23)33-26-7-5-17-29-19-26/h3-17,19H,18,20H2,1-2H3,(H,30,32). The second-order valence-electron chi connectivity index (χ2n) is 8.09. The van der Waals surface area contributed by atoms with Gasteiger partial charge in [0.2, 0.25) is 0 Å². The van der Waals surface area contributed by atoms with Crippen LogP contribution in [0.3, 0.4) is 0 Å². The molecule has 0 radical (unpaired) electrons. The van der Waals surface area contributed by atoms with Crippen molar-refractivity contribution in [2.24, 2.45) is 0 Å². The second kappa shape index (κ2) is 10.6. The molecular formula is C28H27N3O2. The van der Waals surface area contributed by atoms with E-state index in [0.29, 0.717) is 23.6 Å². The van der Waals surface area contributed by atoms with Gasteiger partial charge < -0.3 is 15.0 Å². The summed E-state index contributed by atoms with van der Waals surface area (Å²) in [5, 5.41) is 3.04. The number of nitrogens with one attached hydrogen (secondary N) is 1. The van der Waals surface area contributed by atoms with Gasteiger partial charge >= 0.3 is 0 Å². The van der Waals surface area contributed by atoms with E-state index in [-0.39, 0.29) is 5.91 Å². The average molecular weight is 438 g/mol. The summed E-state index contributed by atoms with van der Waals surface area (Å²) in [6, 6.07) is 27.5. The fourth-order valence-electron chi connectivity index (χ4n) is 3.61. The topological polar surface area (TPSA) is 54.5 Å². The molecular weight excluding hydrogens is 410 g/mol. The van der Waals surface area contributed by atoms with Crippen molar-refractivity contribution in [3.05, 3.63) is 114 Å². The molecule has 0 aliphatic heterocycles. The number of hydrogen-bond acceptors (Lipinski definition) is 4. The molecule has 0 unspecified atom stereocenters. The third kappa shape index (κ3) is 6.05. The van der Waals surface area contributed by atoms with Gasteiger partial charge in [-0.3, -0.25) is 9.78 Å². The first-order valence-electron chi connectivity index (χ1n) is 10.9. The van der Waals surface area contributed by atoms with Crippen LogP contribution in [0.4, 0.5) is 0 Å². The Morgan fingerprint density at radius 1 is 0.879 bits per heavy atom. The van der Waals surface area contributed by atoms with E-state index in [4.69, 9.17) is 4.74 Å². The van der Waals surface area contributed by atoms with Gasteiger partial charge in [-0.05, 0) is 72.7 Å². The van der Waals surface area contributed by atoms with Crippen molar-refractivity contribution in [3.8, 4) is 22.6 Å². The molecule has 0 fully saturated rings. The maximum atomic E-state index is 12.7. The Morgan fingerprint density at radius 3 is 2.33 bits per heavy atom. The summed E-state index contributed by atoms with van der Waals surface area (Å²) in [6.07, 6.45) is 3.34. The Hall–Kier alpha value is -3.96. The van der Waals surface area contributed by atoms with E-state index in [0.717, 1.165) is 23.2 Å². The zero-order valence-corrected chi connectivity index (χ0v) is 18.9. The van der Waals surface area contributed by atoms with E-state index in [1.165, 1.54) is 5.56 Å². The maximum Gasteiger partial charge on any atom is 0.251 e. The molecule has 0 spiro atoms. The van der Waals surface area contributed by atoms with Crippen LogP contribution >= 0.6 is 0 Å². The molecule has 0 aliphatic rings. The third-order valence-corrected chi connectivity index (χ3v) is 5.21. The molecule has 3 aromatic carbocycles. The Labute approximate surface area is 194 Å². The fraction of sp³-hybridized carbons (Fsp3) is 0.143. The molecule has 1 N–H and O–H groups in total. The highest BCUT2D eigenvalue weighted by Crippen LogP contribution is 2.25. The molecule has 0 aliphatic carbocycles. The second-order valence-corrected chi connectivity index (χ2v) is 8.09. The highest BCUT2D eigenvalue weighted by Gasteiger charge is 2.09. The number of hydrogen-bond donors (Lipinski definition) is 1. The minimum Gasteiger partial charge on any atom is -0.456 e. The number of benzene rings is 3. The average Bonchev–Trinajstić information content (AvgIpc) is 2.84. The van der Waals surface area contributed by atoms with E-state index in [9.17, 15) is 4.79 Å². The van der Waals surface area contributed by atoms with Crippen LogP contribution in [0.2, 0.25) is 0 Å². The summed E-state index contributed by atoms with van der Waals surface area (Å²) in [7, 11) is 4.13. The van der Waals surface area contributed by atoms with Crippen molar-refractivity contribution in [2.75, 3.05) is 14.1 Å². The lowest BCUT2D eigenvalue weighted by Gasteiger charge is -2.13. The Balaban J connectivity index is 1.40. The Bertz CT molecular complexity index is 1190. The predicted octanol–water partition coefficient (Wildman–Crippen LogP) is 5.53. The van der Waals surface area contributed by atoms with E-state index in [2.05, 4.69) is 59.6 Å². The summed E-state index contributed by atoms with van der Waals surface area (Å²) in [6.45, 7) is 1.35. The Kier molecular flexibility index (Phi) is 7.12. The van der Waals surface area contributed by atoms with Gasteiger partial charge in [0.1, 0.15) is 11.5 Å².